The van der Waals surface area contributed by atoms with Crippen molar-refractivity contribution in [3.05, 3.63) is 101 Å². The van der Waals surface area contributed by atoms with E-state index in [4.69, 9.17) is 4.74 Å². The number of rotatable bonds is 3. The van der Waals surface area contributed by atoms with Gasteiger partial charge in [-0.2, -0.15) is 0 Å². The molecule has 0 radical (unpaired) electrons. The van der Waals surface area contributed by atoms with Gasteiger partial charge in [0.25, 0.3) is 11.7 Å². The lowest BCUT2D eigenvalue weighted by Gasteiger charge is -2.25. The molecule has 2 aliphatic heterocycles. The summed E-state index contributed by atoms with van der Waals surface area (Å²) in [7, 11) is 0. The molecule has 0 aliphatic carbocycles. The van der Waals surface area contributed by atoms with Gasteiger partial charge in [-0.1, -0.05) is 48.0 Å². The minimum atomic E-state index is -0.716. The SMILES string of the molecule is Cc1cccc(C2/C(=C(/O)c3ccc4c(c3)CCO4)C(=O)C(=O)N2c2ccccc2)c1. The first-order valence-corrected chi connectivity index (χ1v) is 10.2. The molecule has 3 aromatic rings. The predicted octanol–water partition coefficient (Wildman–Crippen LogP) is 4.56. The van der Waals surface area contributed by atoms with Crippen LogP contribution in [0.2, 0.25) is 0 Å². The Morgan fingerprint density at radius 3 is 2.58 bits per heavy atom. The van der Waals surface area contributed by atoms with E-state index < -0.39 is 17.7 Å². The minimum absolute atomic E-state index is 0.0957. The number of anilines is 1. The number of Topliss-reactive ketones (excluding diaryl/α,β-unsaturated/α-hetero) is 1. The van der Waals surface area contributed by atoms with E-state index >= 15 is 0 Å². The number of amides is 1. The Kier molecular flexibility index (Phi) is 4.59. The fourth-order valence-electron chi connectivity index (χ4n) is 4.33. The summed E-state index contributed by atoms with van der Waals surface area (Å²) in [5, 5.41) is 11.2. The zero-order valence-electron chi connectivity index (χ0n) is 17.0. The van der Waals surface area contributed by atoms with Crippen molar-refractivity contribution in [2.24, 2.45) is 0 Å². The molecule has 31 heavy (non-hydrogen) atoms. The Labute approximate surface area is 180 Å². The second-order valence-electron chi connectivity index (χ2n) is 7.84. The van der Waals surface area contributed by atoms with Crippen molar-refractivity contribution in [1.82, 2.24) is 0 Å². The average molecular weight is 411 g/mol. The van der Waals surface area contributed by atoms with Crippen LogP contribution in [-0.4, -0.2) is 23.4 Å². The summed E-state index contributed by atoms with van der Waals surface area (Å²) in [5.41, 5.74) is 3.97. The molecule has 0 spiro atoms. The molecule has 1 N–H and O–H groups in total. The molecule has 5 heteroatoms. The molecule has 0 saturated carbocycles. The number of aryl methyl sites for hydroxylation is 1. The molecule has 1 atom stereocenters. The second kappa shape index (κ2) is 7.43. The molecule has 1 amide bonds. The van der Waals surface area contributed by atoms with Crippen molar-refractivity contribution in [2.75, 3.05) is 11.5 Å². The highest BCUT2D eigenvalue weighted by Gasteiger charge is 2.47. The van der Waals surface area contributed by atoms with E-state index in [1.165, 1.54) is 4.90 Å². The number of carbonyl (C=O) groups is 2. The number of hydrogen-bond acceptors (Lipinski definition) is 4. The standard InChI is InChI=1S/C26H21NO4/c1-16-6-5-7-18(14-16)23-22(24(28)19-10-11-21-17(15-19)12-13-31-21)25(29)26(30)27(23)20-8-3-2-4-9-20/h2-11,14-15,23,28H,12-13H2,1H3/b24-22-. The molecule has 3 aromatic carbocycles. The molecule has 2 heterocycles. The lowest BCUT2D eigenvalue weighted by molar-refractivity contribution is -0.132. The molecule has 0 bridgehead atoms. The number of fused-ring (bicyclic) bond motifs is 1. The molecule has 154 valence electrons. The van der Waals surface area contributed by atoms with Crippen molar-refractivity contribution in [1.29, 1.82) is 0 Å². The molecule has 1 fully saturated rings. The fraction of sp³-hybridized carbons (Fsp3) is 0.154. The van der Waals surface area contributed by atoms with Crippen molar-refractivity contribution < 1.29 is 19.4 Å². The first-order valence-electron chi connectivity index (χ1n) is 10.2. The van der Waals surface area contributed by atoms with E-state index in [1.807, 2.05) is 55.5 Å². The number of nitrogens with zero attached hydrogens (tertiary/aromatic N) is 1. The fourth-order valence-corrected chi connectivity index (χ4v) is 4.33. The molecule has 5 nitrogen and oxygen atoms in total. The van der Waals surface area contributed by atoms with Crippen LogP contribution >= 0.6 is 0 Å². The Morgan fingerprint density at radius 2 is 1.81 bits per heavy atom. The zero-order chi connectivity index (χ0) is 21.5. The summed E-state index contributed by atoms with van der Waals surface area (Å²) in [6, 6.07) is 21.4. The smallest absolute Gasteiger partial charge is 0.300 e. The van der Waals surface area contributed by atoms with Gasteiger partial charge in [0.2, 0.25) is 0 Å². The number of para-hydroxylation sites is 1. The highest BCUT2D eigenvalue weighted by Crippen LogP contribution is 2.42. The lowest BCUT2D eigenvalue weighted by atomic mass is 9.93. The Balaban J connectivity index is 1.71. The normalized spacial score (nSPS) is 19.4. The number of ether oxygens (including phenoxy) is 1. The number of aliphatic hydroxyl groups is 1. The van der Waals surface area contributed by atoms with Crippen LogP contribution in [0.1, 0.15) is 28.3 Å². The third-order valence-corrected chi connectivity index (χ3v) is 5.80. The van der Waals surface area contributed by atoms with E-state index in [1.54, 1.807) is 24.3 Å². The Morgan fingerprint density at radius 1 is 1.00 bits per heavy atom. The maximum absolute atomic E-state index is 13.2. The topological polar surface area (TPSA) is 66.8 Å². The van der Waals surface area contributed by atoms with Gasteiger partial charge in [0.1, 0.15) is 11.5 Å². The molecule has 5 rings (SSSR count). The van der Waals surface area contributed by atoms with E-state index in [-0.39, 0.29) is 11.3 Å². The highest BCUT2D eigenvalue weighted by atomic mass is 16.5. The Bertz CT molecular complexity index is 1230. The van der Waals surface area contributed by atoms with Crippen LogP contribution in [0.25, 0.3) is 5.76 Å². The number of hydrogen-bond donors (Lipinski definition) is 1. The number of ketones is 1. The van der Waals surface area contributed by atoms with Crippen molar-refractivity contribution in [2.45, 2.75) is 19.4 Å². The first kappa shape index (κ1) is 19.1. The summed E-state index contributed by atoms with van der Waals surface area (Å²) in [6.45, 7) is 2.56. The van der Waals surface area contributed by atoms with Crippen LogP contribution < -0.4 is 9.64 Å². The molecule has 1 unspecified atom stereocenters. The summed E-state index contributed by atoms with van der Waals surface area (Å²) in [6.07, 6.45) is 0.746. The second-order valence-corrected chi connectivity index (χ2v) is 7.84. The highest BCUT2D eigenvalue weighted by molar-refractivity contribution is 6.51. The summed E-state index contributed by atoms with van der Waals surface area (Å²) < 4.78 is 5.55. The van der Waals surface area contributed by atoms with Gasteiger partial charge in [-0.05, 0) is 48.4 Å². The molecular formula is C26H21NO4. The minimum Gasteiger partial charge on any atom is -0.507 e. The van der Waals surface area contributed by atoms with Gasteiger partial charge in [0.15, 0.2) is 0 Å². The van der Waals surface area contributed by atoms with Crippen molar-refractivity contribution >= 4 is 23.1 Å². The summed E-state index contributed by atoms with van der Waals surface area (Å²) in [5.74, 6) is -0.720. The van der Waals surface area contributed by atoms with E-state index in [2.05, 4.69) is 0 Å². The van der Waals surface area contributed by atoms with Crippen molar-refractivity contribution in [3.63, 3.8) is 0 Å². The van der Waals surface area contributed by atoms with Gasteiger partial charge in [-0.15, -0.1) is 0 Å². The number of carbonyl (C=O) groups excluding carboxylic acids is 2. The van der Waals surface area contributed by atoms with Gasteiger partial charge < -0.3 is 9.84 Å². The number of benzene rings is 3. The van der Waals surface area contributed by atoms with Gasteiger partial charge in [0.05, 0.1) is 18.2 Å². The number of aliphatic hydroxyl groups excluding tert-OH is 1. The molecule has 2 aliphatic rings. The van der Waals surface area contributed by atoms with Crippen LogP contribution in [0.3, 0.4) is 0 Å². The van der Waals surface area contributed by atoms with Crippen LogP contribution in [0, 0.1) is 6.92 Å². The first-order chi connectivity index (χ1) is 15.0. The van der Waals surface area contributed by atoms with Gasteiger partial charge in [0, 0.05) is 17.7 Å². The van der Waals surface area contributed by atoms with Crippen molar-refractivity contribution in [3.8, 4) is 5.75 Å². The van der Waals surface area contributed by atoms with E-state index in [0.717, 1.165) is 28.9 Å². The largest absolute Gasteiger partial charge is 0.507 e. The van der Waals surface area contributed by atoms with Crippen LogP contribution in [0.4, 0.5) is 5.69 Å². The molecule has 1 saturated heterocycles. The maximum atomic E-state index is 13.2. The quantitative estimate of drug-likeness (QED) is 0.390. The predicted molar refractivity (Wildman–Crippen MR) is 118 cm³/mol. The van der Waals surface area contributed by atoms with E-state index in [9.17, 15) is 14.7 Å². The Hall–Kier alpha value is -3.86. The lowest BCUT2D eigenvalue weighted by Crippen LogP contribution is -2.29. The van der Waals surface area contributed by atoms with Gasteiger partial charge in [-0.3, -0.25) is 14.5 Å². The van der Waals surface area contributed by atoms with Crippen LogP contribution in [0.15, 0.2) is 78.4 Å². The summed E-state index contributed by atoms with van der Waals surface area (Å²) >= 11 is 0. The molecular weight excluding hydrogens is 390 g/mol. The zero-order valence-corrected chi connectivity index (χ0v) is 17.0. The van der Waals surface area contributed by atoms with Gasteiger partial charge >= 0.3 is 0 Å². The average Bonchev–Trinajstić information content (AvgIpc) is 3.36. The van der Waals surface area contributed by atoms with E-state index in [0.29, 0.717) is 17.9 Å². The maximum Gasteiger partial charge on any atom is 0.300 e. The van der Waals surface area contributed by atoms with Gasteiger partial charge in [-0.25, -0.2) is 0 Å². The van der Waals surface area contributed by atoms with Crippen LogP contribution in [-0.2, 0) is 16.0 Å². The molecule has 0 aromatic heterocycles. The summed E-state index contributed by atoms with van der Waals surface area (Å²) in [4.78, 5) is 27.8. The third-order valence-electron chi connectivity index (χ3n) is 5.80. The third kappa shape index (κ3) is 3.19. The van der Waals surface area contributed by atoms with Crippen LogP contribution in [0.5, 0.6) is 5.75 Å². The monoisotopic (exact) mass is 411 g/mol.